The first kappa shape index (κ1) is 16.4. The van der Waals surface area contributed by atoms with Crippen molar-refractivity contribution in [2.45, 2.75) is 32.4 Å². The van der Waals surface area contributed by atoms with E-state index >= 15 is 0 Å². The monoisotopic (exact) mass is 244 g/mol. The minimum absolute atomic E-state index is 0.226. The fourth-order valence-electron chi connectivity index (χ4n) is 2.06. The van der Waals surface area contributed by atoms with E-state index in [-0.39, 0.29) is 11.9 Å². The van der Waals surface area contributed by atoms with Crippen LogP contribution in [0.15, 0.2) is 0 Å². The van der Waals surface area contributed by atoms with Gasteiger partial charge in [0.05, 0.1) is 6.04 Å². The molecular formula is C12H28N4O. The number of hydrogen-bond acceptors (Lipinski definition) is 4. The van der Waals surface area contributed by atoms with Gasteiger partial charge in [0.2, 0.25) is 5.91 Å². The third-order valence-corrected chi connectivity index (χ3v) is 3.06. The number of carbonyl (C=O) groups is 1. The number of nitrogens with two attached hydrogens (primary N) is 1. The Bertz CT molecular complexity index is 221. The number of likely N-dealkylation sites (N-methyl/N-ethyl adjacent to an activating group) is 3. The third kappa shape index (κ3) is 6.61. The van der Waals surface area contributed by atoms with E-state index in [4.69, 9.17) is 5.73 Å². The van der Waals surface area contributed by atoms with Gasteiger partial charge in [-0.15, -0.1) is 0 Å². The summed E-state index contributed by atoms with van der Waals surface area (Å²) in [6.07, 6.45) is 0.761. The van der Waals surface area contributed by atoms with E-state index in [1.807, 2.05) is 0 Å². The first-order chi connectivity index (χ1) is 7.92. The van der Waals surface area contributed by atoms with Crippen molar-refractivity contribution in [1.29, 1.82) is 0 Å². The molecule has 5 heteroatoms. The Hall–Kier alpha value is -0.650. The maximum absolute atomic E-state index is 11.1. The van der Waals surface area contributed by atoms with Crippen molar-refractivity contribution in [3.63, 3.8) is 0 Å². The quantitative estimate of drug-likeness (QED) is 0.586. The van der Waals surface area contributed by atoms with E-state index in [9.17, 15) is 4.79 Å². The summed E-state index contributed by atoms with van der Waals surface area (Å²) in [6.45, 7) is 7.26. The standard InChI is InChI=1S/C12H28N4O/c1-6-16(10(2)9-15(4)5)8-7-11(14-3)12(13)17/h10-11,14H,6-9H2,1-5H3,(H2,13,17). The van der Waals surface area contributed by atoms with Gasteiger partial charge in [0.15, 0.2) is 0 Å². The van der Waals surface area contributed by atoms with Crippen molar-refractivity contribution >= 4 is 5.91 Å². The zero-order valence-corrected chi connectivity index (χ0v) is 11.9. The van der Waals surface area contributed by atoms with E-state index in [2.05, 4.69) is 43.1 Å². The molecule has 2 unspecified atom stereocenters. The number of nitrogens with one attached hydrogen (secondary N) is 1. The highest BCUT2D eigenvalue weighted by atomic mass is 16.1. The second kappa shape index (κ2) is 8.44. The molecule has 0 aliphatic carbocycles. The van der Waals surface area contributed by atoms with Crippen LogP contribution >= 0.6 is 0 Å². The summed E-state index contributed by atoms with van der Waals surface area (Å²) in [5.41, 5.74) is 5.30. The highest BCUT2D eigenvalue weighted by molar-refractivity contribution is 5.79. The van der Waals surface area contributed by atoms with Crippen LogP contribution in [0.3, 0.4) is 0 Å². The lowest BCUT2D eigenvalue weighted by Crippen LogP contribution is -2.45. The highest BCUT2D eigenvalue weighted by Crippen LogP contribution is 2.03. The van der Waals surface area contributed by atoms with Gasteiger partial charge in [-0.2, -0.15) is 0 Å². The van der Waals surface area contributed by atoms with Gasteiger partial charge in [-0.25, -0.2) is 0 Å². The van der Waals surface area contributed by atoms with Crippen molar-refractivity contribution in [1.82, 2.24) is 15.1 Å². The smallest absolute Gasteiger partial charge is 0.234 e. The molecule has 0 rings (SSSR count). The third-order valence-electron chi connectivity index (χ3n) is 3.06. The second-order valence-electron chi connectivity index (χ2n) is 4.77. The molecule has 0 aliphatic heterocycles. The largest absolute Gasteiger partial charge is 0.368 e. The van der Waals surface area contributed by atoms with Gasteiger partial charge in [-0.3, -0.25) is 9.69 Å². The maximum atomic E-state index is 11.1. The lowest BCUT2D eigenvalue weighted by molar-refractivity contribution is -0.120. The molecular weight excluding hydrogens is 216 g/mol. The van der Waals surface area contributed by atoms with Crippen LogP contribution in [-0.2, 0) is 4.79 Å². The molecule has 0 radical (unpaired) electrons. The Morgan fingerprint density at radius 2 is 2.00 bits per heavy atom. The van der Waals surface area contributed by atoms with Crippen LogP contribution in [0.1, 0.15) is 20.3 Å². The zero-order valence-electron chi connectivity index (χ0n) is 11.9. The number of nitrogens with zero attached hydrogens (tertiary/aromatic N) is 2. The van der Waals surface area contributed by atoms with Crippen molar-refractivity contribution < 1.29 is 4.79 Å². The molecule has 0 spiro atoms. The molecule has 0 aromatic heterocycles. The van der Waals surface area contributed by atoms with Crippen LogP contribution in [0.25, 0.3) is 0 Å². The van der Waals surface area contributed by atoms with Crippen LogP contribution in [0.4, 0.5) is 0 Å². The van der Waals surface area contributed by atoms with Gasteiger partial charge in [-0.05, 0) is 41.0 Å². The van der Waals surface area contributed by atoms with Gasteiger partial charge in [-0.1, -0.05) is 6.92 Å². The first-order valence-electron chi connectivity index (χ1n) is 6.27. The summed E-state index contributed by atoms with van der Waals surface area (Å²) in [7, 11) is 5.92. The van der Waals surface area contributed by atoms with Crippen molar-refractivity contribution in [2.24, 2.45) is 5.73 Å². The molecule has 0 aromatic carbocycles. The van der Waals surface area contributed by atoms with Crippen molar-refractivity contribution in [2.75, 3.05) is 40.8 Å². The van der Waals surface area contributed by atoms with Gasteiger partial charge in [0.25, 0.3) is 0 Å². The lowest BCUT2D eigenvalue weighted by Gasteiger charge is -2.30. The number of carbonyl (C=O) groups excluding carboxylic acids is 1. The van der Waals surface area contributed by atoms with Gasteiger partial charge in [0, 0.05) is 19.1 Å². The summed E-state index contributed by atoms with van der Waals surface area (Å²) in [4.78, 5) is 15.7. The molecule has 0 saturated heterocycles. The van der Waals surface area contributed by atoms with E-state index in [0.717, 1.165) is 26.1 Å². The predicted octanol–water partition coefficient (Wildman–Crippen LogP) is -0.278. The van der Waals surface area contributed by atoms with Gasteiger partial charge < -0.3 is 16.0 Å². The molecule has 5 nitrogen and oxygen atoms in total. The molecule has 0 heterocycles. The topological polar surface area (TPSA) is 61.6 Å². The van der Waals surface area contributed by atoms with Crippen LogP contribution in [-0.4, -0.2) is 68.6 Å². The molecule has 0 aliphatic rings. The molecule has 3 N–H and O–H groups in total. The molecule has 0 aromatic rings. The molecule has 1 amide bonds. The summed E-state index contributed by atoms with van der Waals surface area (Å²) in [5, 5.41) is 2.95. The summed E-state index contributed by atoms with van der Waals surface area (Å²) < 4.78 is 0. The first-order valence-corrected chi connectivity index (χ1v) is 6.27. The molecule has 0 fully saturated rings. The van der Waals surface area contributed by atoms with Crippen LogP contribution in [0.2, 0.25) is 0 Å². The molecule has 0 saturated carbocycles. The fourth-order valence-corrected chi connectivity index (χ4v) is 2.06. The van der Waals surface area contributed by atoms with Crippen molar-refractivity contribution in [3.8, 4) is 0 Å². The maximum Gasteiger partial charge on any atom is 0.234 e. The molecule has 102 valence electrons. The summed E-state index contributed by atoms with van der Waals surface area (Å²) in [5.74, 6) is -0.274. The minimum Gasteiger partial charge on any atom is -0.368 e. The second-order valence-corrected chi connectivity index (χ2v) is 4.77. The Labute approximate surface area is 105 Å². The zero-order chi connectivity index (χ0) is 13.4. The Balaban J connectivity index is 4.16. The molecule has 17 heavy (non-hydrogen) atoms. The Morgan fingerprint density at radius 1 is 1.41 bits per heavy atom. The molecule has 0 bridgehead atoms. The molecule has 2 atom stereocenters. The number of rotatable bonds is 9. The lowest BCUT2D eigenvalue weighted by atomic mass is 10.1. The average Bonchev–Trinajstić information content (AvgIpc) is 2.22. The number of hydrogen-bond donors (Lipinski definition) is 2. The highest BCUT2D eigenvalue weighted by Gasteiger charge is 2.17. The normalized spacial score (nSPS) is 15.2. The van der Waals surface area contributed by atoms with E-state index in [0.29, 0.717) is 6.04 Å². The average molecular weight is 244 g/mol. The van der Waals surface area contributed by atoms with E-state index in [1.54, 1.807) is 7.05 Å². The van der Waals surface area contributed by atoms with Crippen LogP contribution in [0, 0.1) is 0 Å². The van der Waals surface area contributed by atoms with E-state index in [1.165, 1.54) is 0 Å². The minimum atomic E-state index is -0.274. The SMILES string of the molecule is CCN(CCC(NC)C(N)=O)C(C)CN(C)C. The van der Waals surface area contributed by atoms with Gasteiger partial charge in [0.1, 0.15) is 0 Å². The van der Waals surface area contributed by atoms with Crippen LogP contribution < -0.4 is 11.1 Å². The van der Waals surface area contributed by atoms with Gasteiger partial charge >= 0.3 is 0 Å². The number of primary amides is 1. The number of amides is 1. The fraction of sp³-hybridized carbons (Fsp3) is 0.917. The van der Waals surface area contributed by atoms with Crippen LogP contribution in [0.5, 0.6) is 0 Å². The van der Waals surface area contributed by atoms with Crippen molar-refractivity contribution in [3.05, 3.63) is 0 Å². The predicted molar refractivity (Wildman–Crippen MR) is 71.9 cm³/mol. The Morgan fingerprint density at radius 3 is 2.35 bits per heavy atom. The Kier molecular flexibility index (Phi) is 8.12. The van der Waals surface area contributed by atoms with E-state index < -0.39 is 0 Å². The summed E-state index contributed by atoms with van der Waals surface area (Å²) >= 11 is 0. The summed E-state index contributed by atoms with van der Waals surface area (Å²) in [6, 6.07) is 0.260.